The lowest BCUT2D eigenvalue weighted by Gasteiger charge is -1.96. The Morgan fingerprint density at radius 2 is 2.00 bits per heavy atom. The highest BCUT2D eigenvalue weighted by Crippen LogP contribution is 2.23. The first-order valence-corrected chi connectivity index (χ1v) is 5.99. The number of hydrogen-bond donors (Lipinski definition) is 2. The summed E-state index contributed by atoms with van der Waals surface area (Å²) in [5.41, 5.74) is 1.86. The van der Waals surface area contributed by atoms with Crippen LogP contribution < -0.4 is 0 Å². The highest BCUT2D eigenvalue weighted by atomic mass is 79.9. The molecule has 0 spiro atoms. The summed E-state index contributed by atoms with van der Waals surface area (Å²) in [6.45, 7) is 0.0981. The van der Waals surface area contributed by atoms with Crippen LogP contribution in [-0.2, 0) is 6.42 Å². The van der Waals surface area contributed by atoms with Crippen molar-refractivity contribution in [3.63, 3.8) is 0 Å². The van der Waals surface area contributed by atoms with E-state index in [1.54, 1.807) is 0 Å². The van der Waals surface area contributed by atoms with Gasteiger partial charge in [-0.15, -0.1) is 0 Å². The SMILES string of the molecule is OCCc1[nH]c(-c2ccc(Cl)cc2)nc1Br. The molecule has 0 atom stereocenters. The van der Waals surface area contributed by atoms with E-state index in [1.165, 1.54) is 0 Å². The molecule has 1 aromatic carbocycles. The van der Waals surface area contributed by atoms with Gasteiger partial charge in [-0.1, -0.05) is 11.6 Å². The van der Waals surface area contributed by atoms with Gasteiger partial charge in [0.15, 0.2) is 0 Å². The van der Waals surface area contributed by atoms with E-state index < -0.39 is 0 Å². The van der Waals surface area contributed by atoms with Gasteiger partial charge in [-0.25, -0.2) is 4.98 Å². The molecule has 0 amide bonds. The third-order valence-electron chi connectivity index (χ3n) is 2.21. The smallest absolute Gasteiger partial charge is 0.138 e. The number of imidazole rings is 1. The average molecular weight is 302 g/mol. The van der Waals surface area contributed by atoms with Gasteiger partial charge in [-0.05, 0) is 40.2 Å². The van der Waals surface area contributed by atoms with E-state index in [0.29, 0.717) is 11.4 Å². The van der Waals surface area contributed by atoms with E-state index in [2.05, 4.69) is 25.9 Å². The molecule has 84 valence electrons. The van der Waals surface area contributed by atoms with Crippen LogP contribution in [0.3, 0.4) is 0 Å². The summed E-state index contributed by atoms with van der Waals surface area (Å²) in [4.78, 5) is 7.49. The second-order valence-corrected chi connectivity index (χ2v) is 4.52. The lowest BCUT2D eigenvalue weighted by Crippen LogP contribution is -1.91. The number of hydrogen-bond acceptors (Lipinski definition) is 2. The zero-order valence-electron chi connectivity index (χ0n) is 8.37. The molecule has 16 heavy (non-hydrogen) atoms. The van der Waals surface area contributed by atoms with Gasteiger partial charge < -0.3 is 10.1 Å². The second-order valence-electron chi connectivity index (χ2n) is 3.34. The van der Waals surface area contributed by atoms with Crippen LogP contribution in [0.1, 0.15) is 5.69 Å². The van der Waals surface area contributed by atoms with E-state index in [9.17, 15) is 0 Å². The summed E-state index contributed by atoms with van der Waals surface area (Å²) >= 11 is 9.16. The van der Waals surface area contributed by atoms with Crippen LogP contribution in [0, 0.1) is 0 Å². The number of benzene rings is 1. The zero-order chi connectivity index (χ0) is 11.5. The maximum absolute atomic E-state index is 8.87. The Balaban J connectivity index is 2.33. The van der Waals surface area contributed by atoms with Crippen LogP contribution in [0.25, 0.3) is 11.4 Å². The maximum Gasteiger partial charge on any atom is 0.138 e. The van der Waals surface area contributed by atoms with E-state index in [-0.39, 0.29) is 6.61 Å². The lowest BCUT2D eigenvalue weighted by atomic mass is 10.2. The molecule has 0 radical (unpaired) electrons. The van der Waals surface area contributed by atoms with E-state index >= 15 is 0 Å². The normalized spacial score (nSPS) is 10.7. The largest absolute Gasteiger partial charge is 0.396 e. The van der Waals surface area contributed by atoms with Gasteiger partial charge in [0.05, 0.1) is 5.69 Å². The van der Waals surface area contributed by atoms with Crippen LogP contribution in [0.15, 0.2) is 28.9 Å². The highest BCUT2D eigenvalue weighted by molar-refractivity contribution is 9.10. The minimum atomic E-state index is 0.0981. The van der Waals surface area contributed by atoms with E-state index in [0.717, 1.165) is 21.7 Å². The number of rotatable bonds is 3. The molecule has 2 aromatic rings. The summed E-state index contributed by atoms with van der Waals surface area (Å²) in [7, 11) is 0. The number of aliphatic hydroxyl groups is 1. The molecule has 2 rings (SSSR count). The fourth-order valence-corrected chi connectivity index (χ4v) is 2.01. The Kier molecular flexibility index (Phi) is 3.63. The van der Waals surface area contributed by atoms with Crippen molar-refractivity contribution < 1.29 is 5.11 Å². The van der Waals surface area contributed by atoms with Crippen LogP contribution in [0.4, 0.5) is 0 Å². The fourth-order valence-electron chi connectivity index (χ4n) is 1.41. The summed E-state index contributed by atoms with van der Waals surface area (Å²) in [6.07, 6.45) is 0.557. The number of halogens is 2. The van der Waals surface area contributed by atoms with E-state index in [4.69, 9.17) is 16.7 Å². The maximum atomic E-state index is 8.87. The van der Waals surface area contributed by atoms with Crippen molar-refractivity contribution in [3.8, 4) is 11.4 Å². The van der Waals surface area contributed by atoms with Crippen molar-refractivity contribution in [1.82, 2.24) is 9.97 Å². The number of nitrogens with zero attached hydrogens (tertiary/aromatic N) is 1. The lowest BCUT2D eigenvalue weighted by molar-refractivity contribution is 0.298. The Labute approximate surface area is 107 Å². The minimum absolute atomic E-state index is 0.0981. The van der Waals surface area contributed by atoms with Crippen molar-refractivity contribution in [2.24, 2.45) is 0 Å². The molecule has 0 aliphatic rings. The van der Waals surface area contributed by atoms with Gasteiger partial charge in [0.25, 0.3) is 0 Å². The molecule has 0 fully saturated rings. The van der Waals surface area contributed by atoms with Gasteiger partial charge in [-0.3, -0.25) is 0 Å². The molecule has 5 heteroatoms. The third-order valence-corrected chi connectivity index (χ3v) is 3.12. The van der Waals surface area contributed by atoms with Gasteiger partial charge in [0, 0.05) is 23.6 Å². The van der Waals surface area contributed by atoms with Crippen LogP contribution in [-0.4, -0.2) is 21.7 Å². The van der Waals surface area contributed by atoms with E-state index in [1.807, 2.05) is 24.3 Å². The fraction of sp³-hybridized carbons (Fsp3) is 0.182. The topological polar surface area (TPSA) is 48.9 Å². The number of H-pyrrole nitrogens is 1. The predicted octanol–water partition coefficient (Wildman–Crippen LogP) is 3.03. The number of nitrogens with one attached hydrogen (secondary N) is 1. The summed E-state index contributed by atoms with van der Waals surface area (Å²) in [6, 6.07) is 7.44. The van der Waals surface area contributed by atoms with Crippen molar-refractivity contribution in [1.29, 1.82) is 0 Å². The molecular weight excluding hydrogens is 291 g/mol. The Bertz CT molecular complexity index is 481. The molecule has 0 saturated heterocycles. The Hall–Kier alpha value is -0.840. The molecule has 0 unspecified atom stereocenters. The molecule has 0 aliphatic carbocycles. The quantitative estimate of drug-likeness (QED) is 0.915. The average Bonchev–Trinajstić information content (AvgIpc) is 2.62. The van der Waals surface area contributed by atoms with Crippen molar-refractivity contribution >= 4 is 27.5 Å². The predicted molar refractivity (Wildman–Crippen MR) is 67.5 cm³/mol. The standard InChI is InChI=1S/C11H10BrClN2O/c12-10-9(5-6-16)14-11(15-10)7-1-3-8(13)4-2-7/h1-4,16H,5-6H2,(H,14,15). The molecule has 0 bridgehead atoms. The zero-order valence-corrected chi connectivity index (χ0v) is 10.7. The van der Waals surface area contributed by atoms with Crippen molar-refractivity contribution in [2.45, 2.75) is 6.42 Å². The highest BCUT2D eigenvalue weighted by Gasteiger charge is 2.08. The summed E-state index contributed by atoms with van der Waals surface area (Å²) in [5, 5.41) is 9.57. The van der Waals surface area contributed by atoms with Gasteiger partial charge in [0.2, 0.25) is 0 Å². The minimum Gasteiger partial charge on any atom is -0.396 e. The molecule has 3 nitrogen and oxygen atoms in total. The Morgan fingerprint density at radius 1 is 1.31 bits per heavy atom. The molecule has 1 aromatic heterocycles. The Morgan fingerprint density at radius 3 is 2.62 bits per heavy atom. The molecule has 0 aliphatic heterocycles. The molecular formula is C11H10BrClN2O. The number of aliphatic hydroxyl groups excluding tert-OH is 1. The van der Waals surface area contributed by atoms with Crippen LogP contribution in [0.5, 0.6) is 0 Å². The van der Waals surface area contributed by atoms with Crippen LogP contribution in [0.2, 0.25) is 5.02 Å². The molecule has 0 saturated carbocycles. The summed E-state index contributed by atoms with van der Waals surface area (Å²) < 4.78 is 0.742. The van der Waals surface area contributed by atoms with Gasteiger partial charge in [0.1, 0.15) is 10.4 Å². The first-order valence-electron chi connectivity index (χ1n) is 4.82. The van der Waals surface area contributed by atoms with Crippen LogP contribution >= 0.6 is 27.5 Å². The summed E-state index contributed by atoms with van der Waals surface area (Å²) in [5.74, 6) is 0.770. The second kappa shape index (κ2) is 4.99. The molecule has 1 heterocycles. The monoisotopic (exact) mass is 300 g/mol. The first-order chi connectivity index (χ1) is 7.70. The van der Waals surface area contributed by atoms with Gasteiger partial charge >= 0.3 is 0 Å². The first kappa shape index (κ1) is 11.6. The number of aromatic nitrogens is 2. The van der Waals surface area contributed by atoms with Crippen molar-refractivity contribution in [3.05, 3.63) is 39.6 Å². The van der Waals surface area contributed by atoms with Crippen molar-refractivity contribution in [2.75, 3.05) is 6.61 Å². The third kappa shape index (κ3) is 2.45. The number of aromatic amines is 1. The van der Waals surface area contributed by atoms with Gasteiger partial charge in [-0.2, -0.15) is 0 Å². The molecule has 2 N–H and O–H groups in total.